The van der Waals surface area contributed by atoms with E-state index in [1.807, 2.05) is 55.4 Å². The highest BCUT2D eigenvalue weighted by molar-refractivity contribution is 5.95. The highest BCUT2D eigenvalue weighted by Gasteiger charge is 2.27. The van der Waals surface area contributed by atoms with E-state index in [4.69, 9.17) is 14.7 Å². The van der Waals surface area contributed by atoms with Crippen LogP contribution in [0.4, 0.5) is 5.95 Å². The Morgan fingerprint density at radius 2 is 1.94 bits per heavy atom. The third-order valence-electron chi connectivity index (χ3n) is 7.34. The largest absolute Gasteiger partial charge is 0.378 e. The molecule has 1 aliphatic heterocycles. The standard InChI is InChI=1S/C29H35N5O2/c1-3-33(4-2)28(35)24-9-5-8-23(19-24)27-25-11-10-21(17-22-7-6-12-30-20-22)18-26(25)31-29(32-27)34-13-15-36-16-14-34/h5-9,12,19-21H,3-4,10-11,13-18H2,1-2H3/t21-/m0/s1. The molecule has 1 atom stereocenters. The molecule has 3 heterocycles. The minimum atomic E-state index is 0.0645. The van der Waals surface area contributed by atoms with Crippen molar-refractivity contribution < 1.29 is 9.53 Å². The molecule has 0 bridgehead atoms. The van der Waals surface area contributed by atoms with Crippen LogP contribution >= 0.6 is 0 Å². The van der Waals surface area contributed by atoms with Gasteiger partial charge >= 0.3 is 0 Å². The molecule has 36 heavy (non-hydrogen) atoms. The molecule has 2 aromatic heterocycles. The molecule has 2 aliphatic rings. The van der Waals surface area contributed by atoms with E-state index < -0.39 is 0 Å². The van der Waals surface area contributed by atoms with Crippen molar-refractivity contribution in [1.82, 2.24) is 19.9 Å². The summed E-state index contributed by atoms with van der Waals surface area (Å²) < 4.78 is 5.57. The zero-order valence-electron chi connectivity index (χ0n) is 21.3. The first kappa shape index (κ1) is 24.4. The number of morpholine rings is 1. The van der Waals surface area contributed by atoms with Crippen molar-refractivity contribution in [2.45, 2.75) is 39.5 Å². The first-order valence-electron chi connectivity index (χ1n) is 13.2. The second-order valence-corrected chi connectivity index (χ2v) is 9.63. The molecule has 0 radical (unpaired) electrons. The fraction of sp³-hybridized carbons (Fsp3) is 0.448. The number of anilines is 1. The van der Waals surface area contributed by atoms with Gasteiger partial charge in [-0.1, -0.05) is 18.2 Å². The Kier molecular flexibility index (Phi) is 7.56. The Bertz CT molecular complexity index is 1190. The minimum absolute atomic E-state index is 0.0645. The van der Waals surface area contributed by atoms with Gasteiger partial charge in [0.1, 0.15) is 0 Å². The molecule has 1 amide bonds. The number of aromatic nitrogens is 3. The number of hydrogen-bond acceptors (Lipinski definition) is 6. The lowest BCUT2D eigenvalue weighted by Crippen LogP contribution is -2.38. The molecule has 0 saturated carbocycles. The van der Waals surface area contributed by atoms with Crippen molar-refractivity contribution in [3.05, 3.63) is 71.2 Å². The van der Waals surface area contributed by atoms with E-state index in [1.165, 1.54) is 11.1 Å². The molecule has 7 heteroatoms. The maximum Gasteiger partial charge on any atom is 0.253 e. The van der Waals surface area contributed by atoms with E-state index in [2.05, 4.69) is 22.0 Å². The topological polar surface area (TPSA) is 71.5 Å². The van der Waals surface area contributed by atoms with Gasteiger partial charge in [-0.3, -0.25) is 9.78 Å². The van der Waals surface area contributed by atoms with Crippen molar-refractivity contribution in [3.63, 3.8) is 0 Å². The summed E-state index contributed by atoms with van der Waals surface area (Å²) in [4.78, 5) is 31.6. The molecule has 7 nitrogen and oxygen atoms in total. The second kappa shape index (κ2) is 11.2. The fourth-order valence-corrected chi connectivity index (χ4v) is 5.34. The number of hydrogen-bond donors (Lipinski definition) is 0. The van der Waals surface area contributed by atoms with Crippen LogP contribution in [0.2, 0.25) is 0 Å². The third kappa shape index (κ3) is 5.26. The molecule has 0 spiro atoms. The van der Waals surface area contributed by atoms with Crippen molar-refractivity contribution in [1.29, 1.82) is 0 Å². The molecule has 1 aromatic carbocycles. The summed E-state index contributed by atoms with van der Waals surface area (Å²) in [6.45, 7) is 8.38. The Balaban J connectivity index is 1.51. The maximum atomic E-state index is 13.1. The smallest absolute Gasteiger partial charge is 0.253 e. The lowest BCUT2D eigenvalue weighted by Gasteiger charge is -2.30. The molecule has 5 rings (SSSR count). The van der Waals surface area contributed by atoms with Crippen molar-refractivity contribution in [2.24, 2.45) is 5.92 Å². The molecule has 0 unspecified atom stereocenters. The first-order chi connectivity index (χ1) is 17.7. The molecule has 1 fully saturated rings. The van der Waals surface area contributed by atoms with Crippen LogP contribution in [0.25, 0.3) is 11.3 Å². The number of nitrogens with zero attached hydrogens (tertiary/aromatic N) is 5. The highest BCUT2D eigenvalue weighted by atomic mass is 16.5. The molecular formula is C29H35N5O2. The quantitative estimate of drug-likeness (QED) is 0.499. The number of carbonyl (C=O) groups is 1. The van der Waals surface area contributed by atoms with Gasteiger partial charge in [0.05, 0.1) is 24.6 Å². The Morgan fingerprint density at radius 3 is 2.69 bits per heavy atom. The SMILES string of the molecule is CCN(CC)C(=O)c1cccc(-c2nc(N3CCOCC3)nc3c2CC[C@@H](Cc2cccnc2)C3)c1. The van der Waals surface area contributed by atoms with Gasteiger partial charge in [-0.05, 0) is 69.2 Å². The van der Waals surface area contributed by atoms with E-state index in [1.54, 1.807) is 0 Å². The van der Waals surface area contributed by atoms with Gasteiger partial charge in [0.15, 0.2) is 0 Å². The predicted octanol–water partition coefficient (Wildman–Crippen LogP) is 4.20. The molecule has 188 valence electrons. The van der Waals surface area contributed by atoms with Crippen LogP contribution in [0, 0.1) is 5.92 Å². The number of carbonyl (C=O) groups excluding carboxylic acids is 1. The van der Waals surface area contributed by atoms with Crippen molar-refractivity contribution in [2.75, 3.05) is 44.3 Å². The van der Waals surface area contributed by atoms with Gasteiger partial charge in [-0.15, -0.1) is 0 Å². The highest BCUT2D eigenvalue weighted by Crippen LogP contribution is 2.35. The summed E-state index contributed by atoms with van der Waals surface area (Å²) in [5, 5.41) is 0. The zero-order valence-corrected chi connectivity index (χ0v) is 21.3. The van der Waals surface area contributed by atoms with Crippen LogP contribution in [0.3, 0.4) is 0 Å². The van der Waals surface area contributed by atoms with Crippen LogP contribution in [-0.2, 0) is 24.0 Å². The van der Waals surface area contributed by atoms with Crippen LogP contribution in [-0.4, -0.2) is 65.2 Å². The normalized spacial score (nSPS) is 17.5. The second-order valence-electron chi connectivity index (χ2n) is 9.63. The summed E-state index contributed by atoms with van der Waals surface area (Å²) in [6.07, 6.45) is 7.76. The van der Waals surface area contributed by atoms with Crippen LogP contribution in [0.1, 0.15) is 47.4 Å². The van der Waals surface area contributed by atoms with Gasteiger partial charge in [-0.25, -0.2) is 9.97 Å². The molecular weight excluding hydrogens is 450 g/mol. The number of rotatable bonds is 7. The average molecular weight is 486 g/mol. The first-order valence-corrected chi connectivity index (χ1v) is 13.2. The van der Waals surface area contributed by atoms with Gasteiger partial charge < -0.3 is 14.5 Å². The van der Waals surface area contributed by atoms with Gasteiger partial charge in [0, 0.05) is 55.3 Å². The van der Waals surface area contributed by atoms with E-state index in [0.29, 0.717) is 37.8 Å². The number of amides is 1. The molecule has 0 N–H and O–H groups in total. The molecule has 1 saturated heterocycles. The van der Waals surface area contributed by atoms with Gasteiger partial charge in [-0.2, -0.15) is 0 Å². The van der Waals surface area contributed by atoms with Gasteiger partial charge in [0.25, 0.3) is 5.91 Å². The van der Waals surface area contributed by atoms with E-state index in [9.17, 15) is 4.79 Å². The Hall–Kier alpha value is -3.32. The number of fused-ring (bicyclic) bond motifs is 1. The Labute approximate surface area is 213 Å². The van der Waals surface area contributed by atoms with Crippen molar-refractivity contribution >= 4 is 11.9 Å². The predicted molar refractivity (Wildman–Crippen MR) is 141 cm³/mol. The third-order valence-corrected chi connectivity index (χ3v) is 7.34. The van der Waals surface area contributed by atoms with Crippen LogP contribution in [0.5, 0.6) is 0 Å². The number of ether oxygens (including phenoxy) is 1. The fourth-order valence-electron chi connectivity index (χ4n) is 5.34. The minimum Gasteiger partial charge on any atom is -0.378 e. The van der Waals surface area contributed by atoms with Crippen LogP contribution < -0.4 is 4.90 Å². The monoisotopic (exact) mass is 485 g/mol. The van der Waals surface area contributed by atoms with Gasteiger partial charge in [0.2, 0.25) is 5.95 Å². The number of pyridine rings is 1. The average Bonchev–Trinajstić information content (AvgIpc) is 2.94. The summed E-state index contributed by atoms with van der Waals surface area (Å²) in [5.74, 6) is 1.36. The summed E-state index contributed by atoms with van der Waals surface area (Å²) in [5.41, 5.74) is 6.31. The Morgan fingerprint density at radius 1 is 1.11 bits per heavy atom. The summed E-state index contributed by atoms with van der Waals surface area (Å²) in [6, 6.07) is 12.1. The van der Waals surface area contributed by atoms with Crippen LogP contribution in [0.15, 0.2) is 48.8 Å². The van der Waals surface area contributed by atoms with E-state index in [-0.39, 0.29) is 5.91 Å². The van der Waals surface area contributed by atoms with E-state index in [0.717, 1.165) is 61.7 Å². The molecule has 1 aliphatic carbocycles. The molecule has 3 aromatic rings. The number of benzene rings is 1. The van der Waals surface area contributed by atoms with E-state index >= 15 is 0 Å². The lowest BCUT2D eigenvalue weighted by molar-refractivity contribution is 0.0773. The lowest BCUT2D eigenvalue weighted by atomic mass is 9.82. The zero-order chi connectivity index (χ0) is 24.9. The summed E-state index contributed by atoms with van der Waals surface area (Å²) in [7, 11) is 0. The summed E-state index contributed by atoms with van der Waals surface area (Å²) >= 11 is 0. The maximum absolute atomic E-state index is 13.1. The van der Waals surface area contributed by atoms with Crippen molar-refractivity contribution in [3.8, 4) is 11.3 Å².